The van der Waals surface area contributed by atoms with Crippen molar-refractivity contribution in [1.82, 2.24) is 10.3 Å². The molecule has 0 aliphatic rings. The summed E-state index contributed by atoms with van der Waals surface area (Å²) in [4.78, 5) is 15.7. The average Bonchev–Trinajstić information content (AvgIpc) is 3.04. The van der Waals surface area contributed by atoms with Gasteiger partial charge in [0.05, 0.1) is 12.5 Å². The van der Waals surface area contributed by atoms with Gasteiger partial charge in [0.15, 0.2) is 0 Å². The highest BCUT2D eigenvalue weighted by Crippen LogP contribution is 2.21. The SMILES string of the molecule is CC(NC(=O)Cc1c[nH]c2ccccc12)c1ccc2ccccc2c1. The van der Waals surface area contributed by atoms with Crippen LogP contribution in [-0.4, -0.2) is 10.9 Å². The molecule has 25 heavy (non-hydrogen) atoms. The zero-order valence-electron chi connectivity index (χ0n) is 14.1. The molecule has 0 radical (unpaired) electrons. The maximum Gasteiger partial charge on any atom is 0.224 e. The van der Waals surface area contributed by atoms with Crippen molar-refractivity contribution >= 4 is 27.6 Å². The van der Waals surface area contributed by atoms with Gasteiger partial charge in [0, 0.05) is 17.1 Å². The molecule has 0 fully saturated rings. The lowest BCUT2D eigenvalue weighted by atomic mass is 10.0. The Morgan fingerprint density at radius 2 is 1.76 bits per heavy atom. The number of fused-ring (bicyclic) bond motifs is 2. The van der Waals surface area contributed by atoms with Gasteiger partial charge in [0.1, 0.15) is 0 Å². The number of hydrogen-bond donors (Lipinski definition) is 2. The predicted octanol–water partition coefficient (Wildman–Crippen LogP) is 4.74. The van der Waals surface area contributed by atoms with E-state index in [2.05, 4.69) is 40.6 Å². The molecule has 3 aromatic carbocycles. The maximum absolute atomic E-state index is 12.5. The quantitative estimate of drug-likeness (QED) is 0.558. The lowest BCUT2D eigenvalue weighted by Gasteiger charge is -2.15. The number of para-hydroxylation sites is 1. The van der Waals surface area contributed by atoms with Crippen LogP contribution in [0.15, 0.2) is 72.9 Å². The molecule has 4 aromatic rings. The first kappa shape index (κ1) is 15.5. The van der Waals surface area contributed by atoms with Crippen molar-refractivity contribution in [2.45, 2.75) is 19.4 Å². The number of H-pyrrole nitrogens is 1. The number of hydrogen-bond acceptors (Lipinski definition) is 1. The van der Waals surface area contributed by atoms with Crippen LogP contribution in [-0.2, 0) is 11.2 Å². The Hall–Kier alpha value is -3.07. The van der Waals surface area contributed by atoms with Gasteiger partial charge in [0.2, 0.25) is 5.91 Å². The molecule has 0 aliphatic carbocycles. The summed E-state index contributed by atoms with van der Waals surface area (Å²) in [6.45, 7) is 2.03. The first-order chi connectivity index (χ1) is 12.2. The van der Waals surface area contributed by atoms with E-state index in [0.717, 1.165) is 22.0 Å². The first-order valence-corrected chi connectivity index (χ1v) is 8.54. The average molecular weight is 328 g/mol. The van der Waals surface area contributed by atoms with Crippen LogP contribution >= 0.6 is 0 Å². The Morgan fingerprint density at radius 3 is 2.64 bits per heavy atom. The highest BCUT2D eigenvalue weighted by molar-refractivity contribution is 5.89. The summed E-state index contributed by atoms with van der Waals surface area (Å²) in [5.74, 6) is 0.0328. The van der Waals surface area contributed by atoms with Crippen LogP contribution < -0.4 is 5.32 Å². The summed E-state index contributed by atoms with van der Waals surface area (Å²) in [5, 5.41) is 6.62. The second kappa shape index (κ2) is 6.44. The van der Waals surface area contributed by atoms with Gasteiger partial charge >= 0.3 is 0 Å². The monoisotopic (exact) mass is 328 g/mol. The van der Waals surface area contributed by atoms with Gasteiger partial charge in [-0.25, -0.2) is 0 Å². The summed E-state index contributed by atoms with van der Waals surface area (Å²) in [6.07, 6.45) is 2.30. The molecule has 1 unspecified atom stereocenters. The summed E-state index contributed by atoms with van der Waals surface area (Å²) in [6, 6.07) is 22.6. The maximum atomic E-state index is 12.5. The van der Waals surface area contributed by atoms with E-state index in [1.54, 1.807) is 0 Å². The number of amides is 1. The molecule has 0 saturated carbocycles. The molecule has 2 N–H and O–H groups in total. The Kier molecular flexibility index (Phi) is 3.98. The van der Waals surface area contributed by atoms with E-state index in [0.29, 0.717) is 6.42 Å². The molecule has 124 valence electrons. The van der Waals surface area contributed by atoms with Crippen LogP contribution in [0, 0.1) is 0 Å². The molecular formula is C22H20N2O. The second-order valence-electron chi connectivity index (χ2n) is 6.43. The molecule has 0 aliphatic heterocycles. The highest BCUT2D eigenvalue weighted by atomic mass is 16.1. The van der Waals surface area contributed by atoms with Gasteiger partial charge < -0.3 is 10.3 Å². The molecular weight excluding hydrogens is 308 g/mol. The highest BCUT2D eigenvalue weighted by Gasteiger charge is 2.12. The van der Waals surface area contributed by atoms with Crippen molar-refractivity contribution in [3.8, 4) is 0 Å². The molecule has 1 heterocycles. The lowest BCUT2D eigenvalue weighted by molar-refractivity contribution is -0.121. The van der Waals surface area contributed by atoms with Gasteiger partial charge in [0.25, 0.3) is 0 Å². The molecule has 1 atom stereocenters. The normalized spacial score (nSPS) is 12.4. The number of aromatic nitrogens is 1. The van der Waals surface area contributed by atoms with Gasteiger partial charge in [-0.05, 0) is 41.0 Å². The van der Waals surface area contributed by atoms with Crippen molar-refractivity contribution in [3.63, 3.8) is 0 Å². The van der Waals surface area contributed by atoms with Crippen molar-refractivity contribution in [2.75, 3.05) is 0 Å². The summed E-state index contributed by atoms with van der Waals surface area (Å²) < 4.78 is 0. The second-order valence-corrected chi connectivity index (χ2v) is 6.43. The minimum absolute atomic E-state index is 0.0256. The van der Waals surface area contributed by atoms with Crippen molar-refractivity contribution < 1.29 is 4.79 Å². The Labute approximate surface area is 146 Å². The van der Waals surface area contributed by atoms with E-state index in [9.17, 15) is 4.79 Å². The molecule has 3 heteroatoms. The third-order valence-corrected chi connectivity index (χ3v) is 4.68. The van der Waals surface area contributed by atoms with E-state index in [1.165, 1.54) is 10.8 Å². The first-order valence-electron chi connectivity index (χ1n) is 8.54. The van der Waals surface area contributed by atoms with Gasteiger partial charge in [-0.1, -0.05) is 54.6 Å². The van der Waals surface area contributed by atoms with Crippen molar-refractivity contribution in [2.24, 2.45) is 0 Å². The van der Waals surface area contributed by atoms with E-state index in [-0.39, 0.29) is 11.9 Å². The standard InChI is InChI=1S/C22H20N2O/c1-15(17-11-10-16-6-2-3-7-18(16)12-17)24-22(25)13-19-14-23-21-9-5-4-8-20(19)21/h2-12,14-15,23H,13H2,1H3,(H,24,25). The fourth-order valence-electron chi connectivity index (χ4n) is 3.30. The van der Waals surface area contributed by atoms with Crippen LogP contribution in [0.1, 0.15) is 24.1 Å². The molecule has 0 bridgehead atoms. The predicted molar refractivity (Wildman–Crippen MR) is 103 cm³/mol. The fourth-order valence-corrected chi connectivity index (χ4v) is 3.30. The number of carbonyl (C=O) groups is 1. The number of benzene rings is 3. The molecule has 1 amide bonds. The van der Waals surface area contributed by atoms with E-state index < -0.39 is 0 Å². The van der Waals surface area contributed by atoms with Crippen LogP contribution in [0.3, 0.4) is 0 Å². The molecule has 0 spiro atoms. The Bertz CT molecular complexity index is 1050. The Balaban J connectivity index is 1.49. The minimum atomic E-state index is -0.0256. The molecule has 3 nitrogen and oxygen atoms in total. The topological polar surface area (TPSA) is 44.9 Å². The minimum Gasteiger partial charge on any atom is -0.361 e. The summed E-state index contributed by atoms with van der Waals surface area (Å²) in [7, 11) is 0. The number of rotatable bonds is 4. The molecule has 1 aromatic heterocycles. The van der Waals surface area contributed by atoms with Crippen LogP contribution in [0.25, 0.3) is 21.7 Å². The van der Waals surface area contributed by atoms with Crippen molar-refractivity contribution in [3.05, 3.63) is 84.1 Å². The smallest absolute Gasteiger partial charge is 0.224 e. The zero-order valence-corrected chi connectivity index (χ0v) is 14.1. The molecule has 4 rings (SSSR count). The summed E-state index contributed by atoms with van der Waals surface area (Å²) in [5.41, 5.74) is 3.21. The van der Waals surface area contributed by atoms with E-state index in [4.69, 9.17) is 0 Å². The van der Waals surface area contributed by atoms with Crippen LogP contribution in [0.5, 0.6) is 0 Å². The van der Waals surface area contributed by atoms with Crippen molar-refractivity contribution in [1.29, 1.82) is 0 Å². The fraction of sp³-hybridized carbons (Fsp3) is 0.136. The van der Waals surface area contributed by atoms with Gasteiger partial charge in [-0.2, -0.15) is 0 Å². The van der Waals surface area contributed by atoms with Crippen LogP contribution in [0.4, 0.5) is 0 Å². The molecule has 0 saturated heterocycles. The van der Waals surface area contributed by atoms with Crippen LogP contribution in [0.2, 0.25) is 0 Å². The number of nitrogens with one attached hydrogen (secondary N) is 2. The number of aromatic amines is 1. The lowest BCUT2D eigenvalue weighted by Crippen LogP contribution is -2.28. The van der Waals surface area contributed by atoms with Gasteiger partial charge in [-0.15, -0.1) is 0 Å². The third-order valence-electron chi connectivity index (χ3n) is 4.68. The summed E-state index contributed by atoms with van der Waals surface area (Å²) >= 11 is 0. The Morgan fingerprint density at radius 1 is 1.00 bits per heavy atom. The van der Waals surface area contributed by atoms with E-state index >= 15 is 0 Å². The third kappa shape index (κ3) is 3.13. The largest absolute Gasteiger partial charge is 0.361 e. The van der Waals surface area contributed by atoms with Gasteiger partial charge in [-0.3, -0.25) is 4.79 Å². The van der Waals surface area contributed by atoms with E-state index in [1.807, 2.05) is 49.5 Å². The number of carbonyl (C=O) groups excluding carboxylic acids is 1. The zero-order chi connectivity index (χ0) is 17.2.